The fourth-order valence-electron chi connectivity index (χ4n) is 6.74. The second kappa shape index (κ2) is 11.3. The number of aryl methyl sites for hydroxylation is 1. The van der Waals surface area contributed by atoms with Gasteiger partial charge in [-0.25, -0.2) is 13.5 Å². The van der Waals surface area contributed by atoms with Crippen LogP contribution in [0.4, 0.5) is 8.78 Å². The smallest absolute Gasteiger partial charge is 0.282 e. The number of fused-ring (bicyclic) bond motifs is 1. The minimum absolute atomic E-state index is 0.0500. The standard InChI is InChI=1S/C29H38ClF2N5O3/c1-17-7-5-6-8-18(17)28(39)37-12-11-19-20(30)9-10-23(40-15-21-26(27(31)32)35(4)34-33-21)25(19)22(37)14-36-16-29(2,3)13-24(36)38/h9-10,17-18,22,27H,5-8,11-16H2,1-4H3/t17-,18+,22+/m0/s1. The van der Waals surface area contributed by atoms with Crippen molar-refractivity contribution in [2.24, 2.45) is 24.3 Å². The lowest BCUT2D eigenvalue weighted by Crippen LogP contribution is -2.49. The van der Waals surface area contributed by atoms with Gasteiger partial charge in [-0.05, 0) is 48.3 Å². The van der Waals surface area contributed by atoms with Gasteiger partial charge in [0.2, 0.25) is 11.8 Å². The summed E-state index contributed by atoms with van der Waals surface area (Å²) in [6.45, 7) is 7.48. The maximum absolute atomic E-state index is 14.1. The maximum atomic E-state index is 14.1. The largest absolute Gasteiger partial charge is 0.487 e. The highest BCUT2D eigenvalue weighted by Gasteiger charge is 2.43. The number of amides is 2. The maximum Gasteiger partial charge on any atom is 0.282 e. The van der Waals surface area contributed by atoms with Gasteiger partial charge in [-0.2, -0.15) is 0 Å². The van der Waals surface area contributed by atoms with Gasteiger partial charge in [0.25, 0.3) is 6.43 Å². The number of halogens is 3. The van der Waals surface area contributed by atoms with Crippen molar-refractivity contribution >= 4 is 23.4 Å². The van der Waals surface area contributed by atoms with E-state index in [1.807, 2.05) is 9.80 Å². The summed E-state index contributed by atoms with van der Waals surface area (Å²) in [5.74, 6) is 0.834. The van der Waals surface area contributed by atoms with Crippen LogP contribution in [0, 0.1) is 17.3 Å². The van der Waals surface area contributed by atoms with Crippen molar-refractivity contribution in [3.05, 3.63) is 39.7 Å². The van der Waals surface area contributed by atoms with Crippen LogP contribution in [0.1, 0.15) is 87.9 Å². The second-order valence-corrected chi connectivity index (χ2v) is 12.8. The van der Waals surface area contributed by atoms with Crippen molar-refractivity contribution in [3.8, 4) is 5.75 Å². The van der Waals surface area contributed by atoms with E-state index in [9.17, 15) is 18.4 Å². The number of hydrogen-bond donors (Lipinski definition) is 0. The van der Waals surface area contributed by atoms with Crippen LogP contribution >= 0.6 is 11.6 Å². The molecule has 0 radical (unpaired) electrons. The number of rotatable bonds is 7. The molecule has 2 amide bonds. The molecule has 0 N–H and O–H groups in total. The van der Waals surface area contributed by atoms with Crippen molar-refractivity contribution in [2.75, 3.05) is 19.6 Å². The Balaban J connectivity index is 1.52. The monoisotopic (exact) mass is 577 g/mol. The first-order valence-electron chi connectivity index (χ1n) is 14.2. The molecule has 0 spiro atoms. The molecular weight excluding hydrogens is 540 g/mol. The summed E-state index contributed by atoms with van der Waals surface area (Å²) in [5, 5.41) is 8.19. The van der Waals surface area contributed by atoms with E-state index in [-0.39, 0.29) is 47.1 Å². The normalized spacial score (nSPS) is 24.5. The lowest BCUT2D eigenvalue weighted by molar-refractivity contribution is -0.143. The molecular formula is C29H38ClF2N5O3. The Morgan fingerprint density at radius 3 is 2.67 bits per heavy atom. The number of benzene rings is 1. The van der Waals surface area contributed by atoms with Crippen LogP contribution in [-0.4, -0.2) is 56.2 Å². The van der Waals surface area contributed by atoms with Crippen LogP contribution < -0.4 is 4.74 Å². The summed E-state index contributed by atoms with van der Waals surface area (Å²) < 4.78 is 34.5. The van der Waals surface area contributed by atoms with Gasteiger partial charge in [-0.3, -0.25) is 9.59 Å². The first-order chi connectivity index (χ1) is 19.0. The van der Waals surface area contributed by atoms with Crippen molar-refractivity contribution in [2.45, 2.75) is 78.4 Å². The molecule has 3 aliphatic rings. The van der Waals surface area contributed by atoms with Crippen LogP contribution in [0.5, 0.6) is 5.75 Å². The highest BCUT2D eigenvalue weighted by Crippen LogP contribution is 2.44. The van der Waals surface area contributed by atoms with Gasteiger partial charge in [0.1, 0.15) is 23.7 Å². The predicted molar refractivity (Wildman–Crippen MR) is 146 cm³/mol. The summed E-state index contributed by atoms with van der Waals surface area (Å²) in [5.41, 5.74) is 1.20. The molecule has 1 aromatic heterocycles. The van der Waals surface area contributed by atoms with Crippen molar-refractivity contribution in [3.63, 3.8) is 0 Å². The average Bonchev–Trinajstić information content (AvgIpc) is 3.40. The first kappa shape index (κ1) is 28.8. The molecule has 1 aromatic carbocycles. The summed E-state index contributed by atoms with van der Waals surface area (Å²) in [4.78, 5) is 30.9. The first-order valence-corrected chi connectivity index (χ1v) is 14.5. The fourth-order valence-corrected chi connectivity index (χ4v) is 7.00. The highest BCUT2D eigenvalue weighted by molar-refractivity contribution is 6.31. The molecule has 1 aliphatic carbocycles. The Morgan fingerprint density at radius 2 is 2.00 bits per heavy atom. The van der Waals surface area contributed by atoms with E-state index in [4.69, 9.17) is 16.3 Å². The molecule has 218 valence electrons. The van der Waals surface area contributed by atoms with Gasteiger partial charge in [0.05, 0.1) is 6.04 Å². The van der Waals surface area contributed by atoms with E-state index < -0.39 is 12.5 Å². The van der Waals surface area contributed by atoms with Gasteiger partial charge < -0.3 is 14.5 Å². The number of carbonyl (C=O) groups excluding carboxylic acids is 2. The number of nitrogens with zero attached hydrogens (tertiary/aromatic N) is 5. The van der Waals surface area contributed by atoms with Crippen LogP contribution in [0.15, 0.2) is 12.1 Å². The molecule has 40 heavy (non-hydrogen) atoms. The SMILES string of the molecule is C[C@H]1CCCC[C@H]1C(=O)N1CCc2c(Cl)ccc(OCc3nnn(C)c3C(F)F)c2[C@H]1CN1CC(C)(C)CC1=O. The number of likely N-dealkylation sites (tertiary alicyclic amines) is 1. The Morgan fingerprint density at radius 1 is 1.25 bits per heavy atom. The Labute approximate surface area is 239 Å². The van der Waals surface area contributed by atoms with Gasteiger partial charge in [0.15, 0.2) is 0 Å². The van der Waals surface area contributed by atoms with Gasteiger partial charge in [-0.1, -0.05) is 50.4 Å². The topological polar surface area (TPSA) is 80.6 Å². The molecule has 0 unspecified atom stereocenters. The van der Waals surface area contributed by atoms with Crippen LogP contribution in [0.2, 0.25) is 5.02 Å². The van der Waals surface area contributed by atoms with Crippen molar-refractivity contribution in [1.29, 1.82) is 0 Å². The van der Waals surface area contributed by atoms with Gasteiger partial charge >= 0.3 is 0 Å². The van der Waals surface area contributed by atoms with Crippen LogP contribution in [0.25, 0.3) is 0 Å². The molecule has 11 heteroatoms. The van der Waals surface area contributed by atoms with E-state index in [0.717, 1.165) is 41.5 Å². The molecule has 5 rings (SSSR count). The lowest BCUT2D eigenvalue weighted by Gasteiger charge is -2.43. The zero-order chi connectivity index (χ0) is 28.8. The average molecular weight is 578 g/mol. The van der Waals surface area contributed by atoms with Crippen molar-refractivity contribution in [1.82, 2.24) is 24.8 Å². The quantitative estimate of drug-likeness (QED) is 0.434. The summed E-state index contributed by atoms with van der Waals surface area (Å²) in [6.07, 6.45) is 2.28. The molecule has 2 fully saturated rings. The molecule has 0 bridgehead atoms. The third-order valence-electron chi connectivity index (χ3n) is 8.79. The third kappa shape index (κ3) is 5.56. The molecule has 2 aliphatic heterocycles. The summed E-state index contributed by atoms with van der Waals surface area (Å²) >= 11 is 6.69. The molecule has 3 heterocycles. The van der Waals surface area contributed by atoms with Crippen molar-refractivity contribution < 1.29 is 23.1 Å². The van der Waals surface area contributed by atoms with E-state index in [1.165, 1.54) is 7.05 Å². The van der Waals surface area contributed by atoms with E-state index in [0.29, 0.717) is 43.2 Å². The van der Waals surface area contributed by atoms with Gasteiger partial charge in [-0.15, -0.1) is 5.10 Å². The summed E-state index contributed by atoms with van der Waals surface area (Å²) in [6, 6.07) is 3.00. The zero-order valence-electron chi connectivity index (χ0n) is 23.6. The highest BCUT2D eigenvalue weighted by atomic mass is 35.5. The van der Waals surface area contributed by atoms with E-state index in [1.54, 1.807) is 12.1 Å². The predicted octanol–water partition coefficient (Wildman–Crippen LogP) is 5.50. The summed E-state index contributed by atoms with van der Waals surface area (Å²) in [7, 11) is 1.42. The van der Waals surface area contributed by atoms with Gasteiger partial charge in [0, 0.05) is 49.6 Å². The minimum atomic E-state index is -2.75. The van der Waals surface area contributed by atoms with E-state index in [2.05, 4.69) is 31.1 Å². The minimum Gasteiger partial charge on any atom is -0.487 e. The number of hydrogen-bond acceptors (Lipinski definition) is 5. The number of alkyl halides is 2. The molecule has 2 aromatic rings. The zero-order valence-corrected chi connectivity index (χ0v) is 24.4. The number of aromatic nitrogens is 3. The lowest BCUT2D eigenvalue weighted by atomic mass is 9.78. The number of carbonyl (C=O) groups is 2. The second-order valence-electron chi connectivity index (χ2n) is 12.4. The molecule has 8 nitrogen and oxygen atoms in total. The molecule has 3 atom stereocenters. The third-order valence-corrected chi connectivity index (χ3v) is 9.15. The van der Waals surface area contributed by atoms with Crippen LogP contribution in [-0.2, 0) is 29.7 Å². The Hall–Kier alpha value is -2.75. The number of ether oxygens (including phenoxy) is 1. The van der Waals surface area contributed by atoms with Crippen LogP contribution in [0.3, 0.4) is 0 Å². The molecule has 1 saturated carbocycles. The Kier molecular flexibility index (Phi) is 8.10. The fraction of sp³-hybridized carbons (Fsp3) is 0.655. The van der Waals surface area contributed by atoms with E-state index >= 15 is 0 Å². The molecule has 1 saturated heterocycles. The Bertz CT molecular complexity index is 1280.